The number of nitrogens with zero attached hydrogens (tertiary/aromatic N) is 1. The molecule has 0 heterocycles. The highest BCUT2D eigenvalue weighted by Gasteiger charge is 2.16. The van der Waals surface area contributed by atoms with E-state index < -0.39 is 24.2 Å². The van der Waals surface area contributed by atoms with Crippen molar-refractivity contribution in [2.45, 2.75) is 13.8 Å². The Morgan fingerprint density at radius 1 is 1.00 bits per heavy atom. The molecule has 2 aromatic rings. The first-order valence-corrected chi connectivity index (χ1v) is 8.74. The summed E-state index contributed by atoms with van der Waals surface area (Å²) in [6.07, 6.45) is 0. The second kappa shape index (κ2) is 9.40. The first-order valence-electron chi connectivity index (χ1n) is 8.74. The Kier molecular flexibility index (Phi) is 6.97. The monoisotopic (exact) mass is 386 g/mol. The van der Waals surface area contributed by atoms with Crippen LogP contribution in [0, 0.1) is 0 Å². The Morgan fingerprint density at radius 3 is 2.21 bits per heavy atom. The molecule has 0 bridgehead atoms. The quantitative estimate of drug-likeness (QED) is 0.629. The fourth-order valence-electron chi connectivity index (χ4n) is 2.49. The lowest BCUT2D eigenvalue weighted by Gasteiger charge is -2.18. The first kappa shape index (κ1) is 20.8. The van der Waals surface area contributed by atoms with E-state index in [1.54, 1.807) is 29.2 Å². The predicted molar refractivity (Wildman–Crippen MR) is 102 cm³/mol. The number of hydrogen-bond acceptors (Lipinski definition) is 6. The fraction of sp³-hybridized carbons (Fsp3) is 0.250. The molecule has 28 heavy (non-hydrogen) atoms. The van der Waals surface area contributed by atoms with Gasteiger partial charge in [-0.2, -0.15) is 0 Å². The van der Waals surface area contributed by atoms with Crippen molar-refractivity contribution >= 4 is 23.5 Å². The molecule has 0 aliphatic heterocycles. The molecule has 3 N–H and O–H groups in total. The van der Waals surface area contributed by atoms with Crippen LogP contribution < -0.4 is 5.32 Å². The van der Waals surface area contributed by atoms with Crippen molar-refractivity contribution in [1.29, 1.82) is 0 Å². The minimum atomic E-state index is -0.896. The Bertz CT molecular complexity index is 859. The summed E-state index contributed by atoms with van der Waals surface area (Å²) in [7, 11) is 0. The van der Waals surface area contributed by atoms with Crippen LogP contribution in [0.4, 0.5) is 5.69 Å². The van der Waals surface area contributed by atoms with Crippen LogP contribution in [0.15, 0.2) is 42.5 Å². The molecule has 0 fully saturated rings. The zero-order valence-electron chi connectivity index (χ0n) is 15.6. The van der Waals surface area contributed by atoms with Gasteiger partial charge in [-0.1, -0.05) is 0 Å². The van der Waals surface area contributed by atoms with Crippen LogP contribution in [-0.2, 0) is 9.53 Å². The normalized spacial score (nSPS) is 10.2. The summed E-state index contributed by atoms with van der Waals surface area (Å²) in [6, 6.07) is 9.80. The Labute approximate surface area is 162 Å². The van der Waals surface area contributed by atoms with Gasteiger partial charge in [-0.15, -0.1) is 0 Å². The van der Waals surface area contributed by atoms with E-state index in [4.69, 9.17) is 4.74 Å². The molecule has 0 aliphatic carbocycles. The summed E-state index contributed by atoms with van der Waals surface area (Å²) in [4.78, 5) is 37.8. The Hall–Kier alpha value is -3.55. The minimum absolute atomic E-state index is 0.0921. The third kappa shape index (κ3) is 5.23. The fourth-order valence-corrected chi connectivity index (χ4v) is 2.49. The predicted octanol–water partition coefficient (Wildman–Crippen LogP) is 2.38. The Morgan fingerprint density at radius 2 is 1.64 bits per heavy atom. The first-order chi connectivity index (χ1) is 13.3. The number of phenolic OH excluding ortho intramolecular Hbond substituents is 2. The number of rotatable bonds is 7. The topological polar surface area (TPSA) is 116 Å². The summed E-state index contributed by atoms with van der Waals surface area (Å²) >= 11 is 0. The zero-order valence-corrected chi connectivity index (χ0v) is 15.6. The lowest BCUT2D eigenvalue weighted by Crippen LogP contribution is -2.30. The highest BCUT2D eigenvalue weighted by molar-refractivity contribution is 5.98. The molecule has 8 nitrogen and oxygen atoms in total. The van der Waals surface area contributed by atoms with E-state index in [9.17, 15) is 24.6 Å². The highest BCUT2D eigenvalue weighted by atomic mass is 16.5. The molecule has 148 valence electrons. The number of esters is 1. The molecule has 2 aromatic carbocycles. The van der Waals surface area contributed by atoms with Crippen LogP contribution in [0.25, 0.3) is 0 Å². The molecule has 0 unspecified atom stereocenters. The van der Waals surface area contributed by atoms with E-state index in [0.29, 0.717) is 24.3 Å². The molecule has 0 aliphatic rings. The van der Waals surface area contributed by atoms with Gasteiger partial charge in [0, 0.05) is 30.4 Å². The SMILES string of the molecule is CCN(CC)C(=O)c1ccc(NC(=O)COC(=O)c2ccc(O)cc2O)cc1. The number of ether oxygens (including phenoxy) is 1. The summed E-state index contributed by atoms with van der Waals surface area (Å²) in [5, 5.41) is 21.4. The lowest BCUT2D eigenvalue weighted by molar-refractivity contribution is -0.119. The number of benzene rings is 2. The second-order valence-electron chi connectivity index (χ2n) is 5.88. The summed E-state index contributed by atoms with van der Waals surface area (Å²) in [5.74, 6) is -2.21. The molecular weight excluding hydrogens is 364 g/mol. The minimum Gasteiger partial charge on any atom is -0.508 e. The zero-order chi connectivity index (χ0) is 20.7. The van der Waals surface area contributed by atoms with Crippen molar-refractivity contribution in [3.05, 3.63) is 53.6 Å². The van der Waals surface area contributed by atoms with Gasteiger partial charge in [0.1, 0.15) is 17.1 Å². The van der Waals surface area contributed by atoms with Crippen molar-refractivity contribution in [3.8, 4) is 11.5 Å². The van der Waals surface area contributed by atoms with Gasteiger partial charge in [-0.05, 0) is 50.2 Å². The van der Waals surface area contributed by atoms with Crippen molar-refractivity contribution < 1.29 is 29.3 Å². The van der Waals surface area contributed by atoms with Gasteiger partial charge in [0.25, 0.3) is 11.8 Å². The molecule has 2 rings (SSSR count). The van der Waals surface area contributed by atoms with E-state index in [2.05, 4.69) is 5.32 Å². The molecule has 0 saturated heterocycles. The summed E-state index contributed by atoms with van der Waals surface area (Å²) in [6.45, 7) is 4.45. The van der Waals surface area contributed by atoms with Gasteiger partial charge in [0.2, 0.25) is 0 Å². The van der Waals surface area contributed by atoms with Gasteiger partial charge in [-0.3, -0.25) is 9.59 Å². The van der Waals surface area contributed by atoms with Gasteiger partial charge < -0.3 is 25.2 Å². The molecular formula is C20H22N2O6. The van der Waals surface area contributed by atoms with Crippen molar-refractivity contribution in [2.75, 3.05) is 25.0 Å². The Balaban J connectivity index is 1.91. The van der Waals surface area contributed by atoms with Crippen LogP contribution in [-0.4, -0.2) is 52.6 Å². The van der Waals surface area contributed by atoms with E-state index in [-0.39, 0.29) is 17.2 Å². The van der Waals surface area contributed by atoms with Crippen LogP contribution in [0.2, 0.25) is 0 Å². The van der Waals surface area contributed by atoms with Gasteiger partial charge in [0.15, 0.2) is 6.61 Å². The average Bonchev–Trinajstić information content (AvgIpc) is 2.67. The molecule has 0 radical (unpaired) electrons. The standard InChI is InChI=1S/C20H22N2O6/c1-3-22(4-2)19(26)13-5-7-14(8-6-13)21-18(25)12-28-20(27)16-10-9-15(23)11-17(16)24/h5-11,23-24H,3-4,12H2,1-2H3,(H,21,25). The number of carbonyl (C=O) groups is 3. The van der Waals surface area contributed by atoms with Crippen molar-refractivity contribution in [1.82, 2.24) is 4.90 Å². The number of anilines is 1. The van der Waals surface area contributed by atoms with Crippen molar-refractivity contribution in [2.24, 2.45) is 0 Å². The van der Waals surface area contributed by atoms with E-state index >= 15 is 0 Å². The van der Waals surface area contributed by atoms with Crippen LogP contribution in [0.3, 0.4) is 0 Å². The number of hydrogen-bond donors (Lipinski definition) is 3. The van der Waals surface area contributed by atoms with E-state index in [1.165, 1.54) is 12.1 Å². The number of amides is 2. The lowest BCUT2D eigenvalue weighted by atomic mass is 10.1. The third-order valence-electron chi connectivity index (χ3n) is 4.00. The number of carbonyl (C=O) groups excluding carboxylic acids is 3. The van der Waals surface area contributed by atoms with Crippen LogP contribution in [0.5, 0.6) is 11.5 Å². The molecule has 0 atom stereocenters. The summed E-state index contributed by atoms with van der Waals surface area (Å²) in [5.41, 5.74) is 0.797. The highest BCUT2D eigenvalue weighted by Crippen LogP contribution is 2.23. The molecule has 0 spiro atoms. The van der Waals surface area contributed by atoms with Crippen LogP contribution >= 0.6 is 0 Å². The van der Waals surface area contributed by atoms with E-state index in [0.717, 1.165) is 6.07 Å². The molecule has 8 heteroatoms. The second-order valence-corrected chi connectivity index (χ2v) is 5.88. The summed E-state index contributed by atoms with van der Waals surface area (Å²) < 4.78 is 4.85. The molecule has 0 saturated carbocycles. The third-order valence-corrected chi connectivity index (χ3v) is 4.00. The van der Waals surface area contributed by atoms with Gasteiger partial charge in [0.05, 0.1) is 0 Å². The average molecular weight is 386 g/mol. The number of phenols is 2. The molecule has 0 aromatic heterocycles. The van der Waals surface area contributed by atoms with Gasteiger partial charge >= 0.3 is 5.97 Å². The maximum Gasteiger partial charge on any atom is 0.342 e. The largest absolute Gasteiger partial charge is 0.508 e. The maximum absolute atomic E-state index is 12.2. The van der Waals surface area contributed by atoms with Gasteiger partial charge in [-0.25, -0.2) is 4.79 Å². The van der Waals surface area contributed by atoms with Crippen LogP contribution in [0.1, 0.15) is 34.6 Å². The number of aromatic hydroxyl groups is 2. The smallest absolute Gasteiger partial charge is 0.342 e. The molecule has 2 amide bonds. The van der Waals surface area contributed by atoms with Crippen molar-refractivity contribution in [3.63, 3.8) is 0 Å². The number of nitrogens with one attached hydrogen (secondary N) is 1. The van der Waals surface area contributed by atoms with E-state index in [1.807, 2.05) is 13.8 Å². The maximum atomic E-state index is 12.2.